The molecule has 3 aromatic carbocycles. The molecule has 2 amide bonds. The Morgan fingerprint density at radius 3 is 2.16 bits per heavy atom. The van der Waals surface area contributed by atoms with Crippen molar-refractivity contribution in [2.24, 2.45) is 0 Å². The maximum absolute atomic E-state index is 13.8. The number of halogens is 1. The van der Waals surface area contributed by atoms with Crippen LogP contribution in [-0.2, 0) is 26.2 Å². The minimum atomic E-state index is -4.06. The van der Waals surface area contributed by atoms with E-state index in [1.54, 1.807) is 49.4 Å². The minimum absolute atomic E-state index is 0.0764. The van der Waals surface area contributed by atoms with Crippen LogP contribution >= 0.6 is 15.9 Å². The van der Waals surface area contributed by atoms with Crippen LogP contribution in [0.3, 0.4) is 0 Å². The van der Waals surface area contributed by atoms with Crippen LogP contribution in [0.25, 0.3) is 0 Å². The number of carbonyl (C=O) groups is 2. The lowest BCUT2D eigenvalue weighted by molar-refractivity contribution is -0.139. The summed E-state index contributed by atoms with van der Waals surface area (Å²) in [5, 5.41) is 2.85. The third-order valence-electron chi connectivity index (χ3n) is 5.77. The Morgan fingerprint density at radius 2 is 1.57 bits per heavy atom. The van der Waals surface area contributed by atoms with E-state index in [2.05, 4.69) is 21.2 Å². The van der Waals surface area contributed by atoms with E-state index in [-0.39, 0.29) is 23.4 Å². The molecular weight excluding hydrogens is 554 g/mol. The van der Waals surface area contributed by atoms with Gasteiger partial charge in [0.25, 0.3) is 10.0 Å². The van der Waals surface area contributed by atoms with Crippen molar-refractivity contribution in [2.45, 2.75) is 51.2 Å². The van der Waals surface area contributed by atoms with Crippen LogP contribution in [0, 0.1) is 6.92 Å². The fourth-order valence-electron chi connectivity index (χ4n) is 3.78. The Hall–Kier alpha value is -3.17. The SMILES string of the molecule is Cc1ccc(N(CC(=O)N(Cc2cccc(Br)c2)[C@H](C)C(=O)NC(C)C)S(=O)(=O)c2ccccc2)cc1. The van der Waals surface area contributed by atoms with Crippen molar-refractivity contribution in [3.8, 4) is 0 Å². The van der Waals surface area contributed by atoms with Crippen LogP contribution in [0.5, 0.6) is 0 Å². The van der Waals surface area contributed by atoms with E-state index in [1.807, 2.05) is 45.0 Å². The predicted octanol–water partition coefficient (Wildman–Crippen LogP) is 4.89. The fourth-order valence-corrected chi connectivity index (χ4v) is 5.66. The highest BCUT2D eigenvalue weighted by Crippen LogP contribution is 2.25. The maximum Gasteiger partial charge on any atom is 0.264 e. The number of aryl methyl sites for hydroxylation is 1. The van der Waals surface area contributed by atoms with E-state index in [0.29, 0.717) is 5.69 Å². The molecular formula is C28H32BrN3O4S. The summed E-state index contributed by atoms with van der Waals surface area (Å²) >= 11 is 3.45. The first-order valence-electron chi connectivity index (χ1n) is 12.0. The molecule has 0 aromatic heterocycles. The second-order valence-electron chi connectivity index (χ2n) is 9.15. The molecule has 0 radical (unpaired) electrons. The van der Waals surface area contributed by atoms with Gasteiger partial charge < -0.3 is 10.2 Å². The largest absolute Gasteiger partial charge is 0.352 e. The molecule has 0 bridgehead atoms. The van der Waals surface area contributed by atoms with E-state index in [9.17, 15) is 18.0 Å². The summed E-state index contributed by atoms with van der Waals surface area (Å²) in [7, 11) is -4.06. The van der Waals surface area contributed by atoms with E-state index in [4.69, 9.17) is 0 Å². The van der Waals surface area contributed by atoms with Gasteiger partial charge in [-0.15, -0.1) is 0 Å². The summed E-state index contributed by atoms with van der Waals surface area (Å²) in [5.74, 6) is -0.808. The van der Waals surface area contributed by atoms with Crippen LogP contribution in [0.1, 0.15) is 31.9 Å². The van der Waals surface area contributed by atoms with E-state index in [1.165, 1.54) is 17.0 Å². The van der Waals surface area contributed by atoms with Crippen molar-refractivity contribution in [1.82, 2.24) is 10.2 Å². The van der Waals surface area contributed by atoms with Crippen molar-refractivity contribution in [2.75, 3.05) is 10.8 Å². The highest BCUT2D eigenvalue weighted by atomic mass is 79.9. The predicted molar refractivity (Wildman–Crippen MR) is 150 cm³/mol. The molecule has 3 aromatic rings. The molecule has 3 rings (SSSR count). The first-order valence-corrected chi connectivity index (χ1v) is 14.2. The molecule has 0 heterocycles. The molecule has 0 aliphatic heterocycles. The molecule has 1 atom stereocenters. The third kappa shape index (κ3) is 7.42. The van der Waals surface area contributed by atoms with Crippen LogP contribution in [0.2, 0.25) is 0 Å². The molecule has 1 N–H and O–H groups in total. The average molecular weight is 587 g/mol. The van der Waals surface area contributed by atoms with Gasteiger partial charge in [0.2, 0.25) is 11.8 Å². The van der Waals surface area contributed by atoms with Crippen LogP contribution in [-0.4, -0.2) is 43.8 Å². The van der Waals surface area contributed by atoms with Gasteiger partial charge in [-0.3, -0.25) is 13.9 Å². The number of sulfonamides is 1. The lowest BCUT2D eigenvalue weighted by Crippen LogP contribution is -2.52. The molecule has 0 saturated heterocycles. The first-order chi connectivity index (χ1) is 17.5. The Balaban J connectivity index is 2.01. The molecule has 0 spiro atoms. The summed E-state index contributed by atoms with van der Waals surface area (Å²) < 4.78 is 29.3. The third-order valence-corrected chi connectivity index (χ3v) is 8.05. The lowest BCUT2D eigenvalue weighted by atomic mass is 10.1. The maximum atomic E-state index is 13.8. The van der Waals surface area contributed by atoms with Crippen molar-refractivity contribution in [3.05, 3.63) is 94.5 Å². The quantitative estimate of drug-likeness (QED) is 0.367. The summed E-state index contributed by atoms with van der Waals surface area (Å²) in [4.78, 5) is 28.2. The van der Waals surface area contributed by atoms with Crippen molar-refractivity contribution >= 4 is 43.5 Å². The second kappa shape index (κ2) is 12.4. The lowest BCUT2D eigenvalue weighted by Gasteiger charge is -2.32. The highest BCUT2D eigenvalue weighted by Gasteiger charge is 2.32. The standard InChI is InChI=1S/C28H32BrN3O4S/c1-20(2)30-28(34)22(4)31(18-23-9-8-10-24(29)17-23)27(33)19-32(25-15-13-21(3)14-16-25)37(35,36)26-11-6-5-7-12-26/h5-17,20,22H,18-19H2,1-4H3,(H,30,34)/t22-/m1/s1. The zero-order valence-electron chi connectivity index (χ0n) is 21.4. The Kier molecular flexibility index (Phi) is 9.50. The van der Waals surface area contributed by atoms with Gasteiger partial charge in [0, 0.05) is 17.1 Å². The molecule has 0 unspecified atom stereocenters. The molecule has 0 aliphatic carbocycles. The first kappa shape index (κ1) is 28.4. The van der Waals surface area contributed by atoms with Gasteiger partial charge in [0.15, 0.2) is 0 Å². The van der Waals surface area contributed by atoms with Gasteiger partial charge in [-0.25, -0.2) is 8.42 Å². The Labute approximate surface area is 227 Å². The number of benzene rings is 3. The number of nitrogens with zero attached hydrogens (tertiary/aromatic N) is 2. The molecule has 37 heavy (non-hydrogen) atoms. The zero-order valence-corrected chi connectivity index (χ0v) is 23.8. The van der Waals surface area contributed by atoms with Crippen LogP contribution in [0.15, 0.2) is 88.2 Å². The van der Waals surface area contributed by atoms with Crippen molar-refractivity contribution in [3.63, 3.8) is 0 Å². The molecule has 0 fully saturated rings. The van der Waals surface area contributed by atoms with Gasteiger partial charge in [-0.1, -0.05) is 64.0 Å². The average Bonchev–Trinajstić information content (AvgIpc) is 2.86. The molecule has 196 valence electrons. The summed E-state index contributed by atoms with van der Waals surface area (Å²) in [6, 6.07) is 21.5. The Bertz CT molecular complexity index is 1330. The zero-order chi connectivity index (χ0) is 27.2. The van der Waals surface area contributed by atoms with Gasteiger partial charge >= 0.3 is 0 Å². The topological polar surface area (TPSA) is 86.8 Å². The number of carbonyl (C=O) groups excluding carboxylic acids is 2. The second-order valence-corrected chi connectivity index (χ2v) is 11.9. The van der Waals surface area contributed by atoms with E-state index >= 15 is 0 Å². The molecule has 0 aliphatic rings. The van der Waals surface area contributed by atoms with Crippen molar-refractivity contribution in [1.29, 1.82) is 0 Å². The number of rotatable bonds is 10. The van der Waals surface area contributed by atoms with Crippen LogP contribution in [0.4, 0.5) is 5.69 Å². The Morgan fingerprint density at radius 1 is 0.919 bits per heavy atom. The van der Waals surface area contributed by atoms with Gasteiger partial charge in [-0.05, 0) is 69.7 Å². The van der Waals surface area contributed by atoms with E-state index < -0.39 is 28.5 Å². The van der Waals surface area contributed by atoms with Crippen molar-refractivity contribution < 1.29 is 18.0 Å². The number of hydrogen-bond donors (Lipinski definition) is 1. The van der Waals surface area contributed by atoms with Crippen LogP contribution < -0.4 is 9.62 Å². The van der Waals surface area contributed by atoms with E-state index in [0.717, 1.165) is 19.9 Å². The number of nitrogens with one attached hydrogen (secondary N) is 1. The van der Waals surface area contributed by atoms with Gasteiger partial charge in [0.1, 0.15) is 12.6 Å². The smallest absolute Gasteiger partial charge is 0.264 e. The number of hydrogen-bond acceptors (Lipinski definition) is 4. The normalized spacial score (nSPS) is 12.2. The fraction of sp³-hybridized carbons (Fsp3) is 0.286. The minimum Gasteiger partial charge on any atom is -0.352 e. The summed E-state index contributed by atoms with van der Waals surface area (Å²) in [5.41, 5.74) is 2.13. The number of amides is 2. The molecule has 9 heteroatoms. The number of anilines is 1. The highest BCUT2D eigenvalue weighted by molar-refractivity contribution is 9.10. The molecule has 7 nitrogen and oxygen atoms in total. The van der Waals surface area contributed by atoms with Gasteiger partial charge in [-0.2, -0.15) is 0 Å². The van der Waals surface area contributed by atoms with Gasteiger partial charge in [0.05, 0.1) is 10.6 Å². The summed E-state index contributed by atoms with van der Waals surface area (Å²) in [6.45, 7) is 6.91. The molecule has 0 saturated carbocycles. The summed E-state index contributed by atoms with van der Waals surface area (Å²) in [6.07, 6.45) is 0. The monoisotopic (exact) mass is 585 g/mol.